The number of ketones is 1. The molecule has 0 saturated heterocycles. The molecule has 0 aliphatic rings. The quantitative estimate of drug-likeness (QED) is 0.534. The maximum atomic E-state index is 12.9. The summed E-state index contributed by atoms with van der Waals surface area (Å²) in [7, 11) is 1.57. The number of pyridine rings is 1. The van der Waals surface area contributed by atoms with Crippen LogP contribution in [0.2, 0.25) is 0 Å². The lowest BCUT2D eigenvalue weighted by molar-refractivity contribution is 0.0515. The Hall–Kier alpha value is -3.08. The molecule has 122 valence electrons. The van der Waals surface area contributed by atoms with Crippen LogP contribution in [0.3, 0.4) is 0 Å². The fourth-order valence-corrected chi connectivity index (χ4v) is 2.60. The van der Waals surface area contributed by atoms with Gasteiger partial charge in [0.25, 0.3) is 0 Å². The van der Waals surface area contributed by atoms with E-state index in [1.54, 1.807) is 61.0 Å². The van der Waals surface area contributed by atoms with Crippen molar-refractivity contribution in [1.82, 2.24) is 4.40 Å². The fourth-order valence-electron chi connectivity index (χ4n) is 2.60. The minimum atomic E-state index is -0.513. The number of hydrogen-bond donors (Lipinski definition) is 0. The SMILES string of the molecule is CCOC(=O)c1c(C(=O)c2ccc(OC)cc2)cc2ccccn12. The molecule has 0 saturated carbocycles. The smallest absolute Gasteiger partial charge is 0.356 e. The second-order valence-corrected chi connectivity index (χ2v) is 5.18. The number of benzene rings is 1. The lowest BCUT2D eigenvalue weighted by Crippen LogP contribution is -2.13. The Morgan fingerprint density at radius 2 is 1.83 bits per heavy atom. The van der Waals surface area contributed by atoms with Crippen LogP contribution in [-0.2, 0) is 4.74 Å². The summed E-state index contributed by atoms with van der Waals surface area (Å²) in [4.78, 5) is 25.2. The van der Waals surface area contributed by atoms with Crippen LogP contribution in [-0.4, -0.2) is 29.9 Å². The second kappa shape index (κ2) is 6.58. The molecule has 0 fully saturated rings. The molecule has 0 atom stereocenters. The van der Waals surface area contributed by atoms with Gasteiger partial charge in [-0.15, -0.1) is 0 Å². The zero-order valence-electron chi connectivity index (χ0n) is 13.5. The summed E-state index contributed by atoms with van der Waals surface area (Å²) in [6, 6.07) is 14.0. The summed E-state index contributed by atoms with van der Waals surface area (Å²) in [6.45, 7) is 1.98. The van der Waals surface area contributed by atoms with Gasteiger partial charge >= 0.3 is 5.97 Å². The molecule has 3 rings (SSSR count). The lowest BCUT2D eigenvalue weighted by Gasteiger charge is -2.06. The molecule has 3 aromatic rings. The van der Waals surface area contributed by atoms with Crippen molar-refractivity contribution >= 4 is 17.3 Å². The van der Waals surface area contributed by atoms with Gasteiger partial charge in [0.15, 0.2) is 5.78 Å². The van der Waals surface area contributed by atoms with Crippen molar-refractivity contribution in [3.63, 3.8) is 0 Å². The van der Waals surface area contributed by atoms with Crippen LogP contribution >= 0.6 is 0 Å². The molecule has 2 heterocycles. The van der Waals surface area contributed by atoms with Crippen molar-refractivity contribution < 1.29 is 19.1 Å². The van der Waals surface area contributed by atoms with Gasteiger partial charge in [0, 0.05) is 17.3 Å². The highest BCUT2D eigenvalue weighted by Gasteiger charge is 2.24. The molecule has 0 radical (unpaired) electrons. The first kappa shape index (κ1) is 15.8. The van der Waals surface area contributed by atoms with Crippen molar-refractivity contribution in [2.24, 2.45) is 0 Å². The first-order chi connectivity index (χ1) is 11.7. The summed E-state index contributed by atoms with van der Waals surface area (Å²) >= 11 is 0. The van der Waals surface area contributed by atoms with E-state index >= 15 is 0 Å². The molecule has 2 aromatic heterocycles. The first-order valence-electron chi connectivity index (χ1n) is 7.61. The number of carbonyl (C=O) groups is 2. The van der Waals surface area contributed by atoms with Crippen LogP contribution in [0.4, 0.5) is 0 Å². The summed E-state index contributed by atoms with van der Waals surface area (Å²) in [5.74, 6) is -0.0795. The molecular weight excluding hydrogens is 306 g/mol. The van der Waals surface area contributed by atoms with Crippen molar-refractivity contribution in [3.8, 4) is 5.75 Å². The summed E-state index contributed by atoms with van der Waals surface area (Å²) in [6.07, 6.45) is 1.74. The minimum Gasteiger partial charge on any atom is -0.497 e. The lowest BCUT2D eigenvalue weighted by atomic mass is 10.0. The van der Waals surface area contributed by atoms with E-state index in [4.69, 9.17) is 9.47 Å². The van der Waals surface area contributed by atoms with Crippen LogP contribution in [0.5, 0.6) is 5.75 Å². The van der Waals surface area contributed by atoms with Gasteiger partial charge in [-0.25, -0.2) is 4.79 Å². The van der Waals surface area contributed by atoms with E-state index in [1.165, 1.54) is 0 Å². The maximum Gasteiger partial charge on any atom is 0.356 e. The number of esters is 1. The molecule has 0 aliphatic heterocycles. The van der Waals surface area contributed by atoms with E-state index in [-0.39, 0.29) is 18.1 Å². The minimum absolute atomic E-state index is 0.232. The van der Waals surface area contributed by atoms with Crippen molar-refractivity contribution in [2.45, 2.75) is 6.92 Å². The Morgan fingerprint density at radius 1 is 1.08 bits per heavy atom. The van der Waals surface area contributed by atoms with E-state index in [1.807, 2.05) is 12.1 Å². The van der Waals surface area contributed by atoms with Crippen LogP contribution < -0.4 is 4.74 Å². The van der Waals surface area contributed by atoms with Crippen molar-refractivity contribution in [3.05, 3.63) is 71.5 Å². The summed E-state index contributed by atoms with van der Waals surface area (Å²) in [5, 5.41) is 0. The molecule has 0 spiro atoms. The fraction of sp³-hybridized carbons (Fsp3) is 0.158. The molecule has 0 unspecified atom stereocenters. The Kier molecular flexibility index (Phi) is 4.33. The van der Waals surface area contributed by atoms with Crippen LogP contribution in [0, 0.1) is 0 Å². The Morgan fingerprint density at radius 3 is 2.50 bits per heavy atom. The number of aromatic nitrogens is 1. The number of fused-ring (bicyclic) bond motifs is 1. The number of rotatable bonds is 5. The van der Waals surface area contributed by atoms with E-state index < -0.39 is 5.97 Å². The van der Waals surface area contributed by atoms with Gasteiger partial charge in [-0.05, 0) is 49.4 Å². The van der Waals surface area contributed by atoms with Crippen molar-refractivity contribution in [2.75, 3.05) is 13.7 Å². The number of hydrogen-bond acceptors (Lipinski definition) is 4. The van der Waals surface area contributed by atoms with Gasteiger partial charge in [0.2, 0.25) is 0 Å². The van der Waals surface area contributed by atoms with Gasteiger partial charge < -0.3 is 13.9 Å². The molecule has 1 aromatic carbocycles. The standard InChI is InChI=1S/C19H17NO4/c1-3-24-19(22)17-16(12-14-6-4-5-11-20(14)17)18(21)13-7-9-15(23-2)10-8-13/h4-12H,3H2,1-2H3. The predicted octanol–water partition coefficient (Wildman–Crippen LogP) is 3.36. The highest BCUT2D eigenvalue weighted by molar-refractivity contribution is 6.15. The molecule has 0 amide bonds. The molecule has 0 bridgehead atoms. The highest BCUT2D eigenvalue weighted by Crippen LogP contribution is 2.22. The van der Waals surface area contributed by atoms with Gasteiger partial charge in [-0.2, -0.15) is 0 Å². The normalized spacial score (nSPS) is 10.6. The summed E-state index contributed by atoms with van der Waals surface area (Å²) < 4.78 is 11.9. The molecular formula is C19H17NO4. The topological polar surface area (TPSA) is 57.0 Å². The molecule has 24 heavy (non-hydrogen) atoms. The number of methoxy groups -OCH3 is 1. The number of carbonyl (C=O) groups excluding carboxylic acids is 2. The number of ether oxygens (including phenoxy) is 2. The largest absolute Gasteiger partial charge is 0.497 e. The maximum absolute atomic E-state index is 12.9. The monoisotopic (exact) mass is 323 g/mol. The predicted molar refractivity (Wildman–Crippen MR) is 89.8 cm³/mol. The molecule has 5 heteroatoms. The Labute approximate surface area is 139 Å². The van der Waals surface area contributed by atoms with E-state index in [9.17, 15) is 9.59 Å². The third-order valence-electron chi connectivity index (χ3n) is 3.75. The number of nitrogens with zero attached hydrogens (tertiary/aromatic N) is 1. The first-order valence-corrected chi connectivity index (χ1v) is 7.61. The van der Waals surface area contributed by atoms with Gasteiger partial charge in [0.05, 0.1) is 19.3 Å². The Balaban J connectivity index is 2.11. The molecule has 0 N–H and O–H groups in total. The van der Waals surface area contributed by atoms with Gasteiger partial charge in [0.1, 0.15) is 11.4 Å². The highest BCUT2D eigenvalue weighted by atomic mass is 16.5. The van der Waals surface area contributed by atoms with Crippen LogP contribution in [0.1, 0.15) is 33.3 Å². The molecule has 0 aliphatic carbocycles. The zero-order valence-corrected chi connectivity index (χ0v) is 13.5. The summed E-state index contributed by atoms with van der Waals surface area (Å²) in [5.41, 5.74) is 1.81. The van der Waals surface area contributed by atoms with Gasteiger partial charge in [-0.3, -0.25) is 4.79 Å². The average Bonchev–Trinajstić information content (AvgIpc) is 3.01. The van der Waals surface area contributed by atoms with E-state index in [2.05, 4.69) is 0 Å². The third-order valence-corrected chi connectivity index (χ3v) is 3.75. The van der Waals surface area contributed by atoms with Gasteiger partial charge in [-0.1, -0.05) is 6.07 Å². The second-order valence-electron chi connectivity index (χ2n) is 5.18. The third kappa shape index (κ3) is 2.76. The Bertz CT molecular complexity index is 893. The van der Waals surface area contributed by atoms with Crippen molar-refractivity contribution in [1.29, 1.82) is 0 Å². The zero-order chi connectivity index (χ0) is 17.1. The average molecular weight is 323 g/mol. The molecule has 5 nitrogen and oxygen atoms in total. The van der Waals surface area contributed by atoms with E-state index in [0.29, 0.717) is 16.9 Å². The van der Waals surface area contributed by atoms with Crippen LogP contribution in [0.15, 0.2) is 54.7 Å². The van der Waals surface area contributed by atoms with Crippen LogP contribution in [0.25, 0.3) is 5.52 Å². The van der Waals surface area contributed by atoms with E-state index in [0.717, 1.165) is 5.52 Å².